The van der Waals surface area contributed by atoms with Crippen LogP contribution in [0.5, 0.6) is 0 Å². The highest BCUT2D eigenvalue weighted by Gasteiger charge is 2.20. The van der Waals surface area contributed by atoms with Gasteiger partial charge in [-0.3, -0.25) is 9.98 Å². The van der Waals surface area contributed by atoms with Gasteiger partial charge in [-0.25, -0.2) is 0 Å². The highest BCUT2D eigenvalue weighted by molar-refractivity contribution is 6.22. The van der Waals surface area contributed by atoms with Crippen LogP contribution in [0.1, 0.15) is 11.1 Å². The Morgan fingerprint density at radius 2 is 2.12 bits per heavy atom. The summed E-state index contributed by atoms with van der Waals surface area (Å²) >= 11 is 0. The summed E-state index contributed by atoms with van der Waals surface area (Å²) in [6.45, 7) is 0.553. The van der Waals surface area contributed by atoms with Crippen LogP contribution in [-0.4, -0.2) is 11.9 Å². The lowest BCUT2D eigenvalue weighted by Crippen LogP contribution is -2.04. The number of benzene rings is 1. The van der Waals surface area contributed by atoms with Crippen LogP contribution in [0, 0.1) is 0 Å². The fourth-order valence-electron chi connectivity index (χ4n) is 1.92. The molecule has 0 saturated carbocycles. The van der Waals surface area contributed by atoms with Gasteiger partial charge in [0.05, 0.1) is 5.71 Å². The second kappa shape index (κ2) is 3.54. The highest BCUT2D eigenvalue weighted by Crippen LogP contribution is 2.26. The minimum atomic E-state index is 0.553. The van der Waals surface area contributed by atoms with Gasteiger partial charge in [-0.1, -0.05) is 18.2 Å². The summed E-state index contributed by atoms with van der Waals surface area (Å²) in [5.74, 6) is 0. The van der Waals surface area contributed by atoms with E-state index in [0.29, 0.717) is 6.54 Å². The molecule has 2 aliphatic rings. The molecule has 0 amide bonds. The number of aliphatic imine (C=N–C) groups is 2. The number of nitrogens with zero attached hydrogens (tertiary/aromatic N) is 2. The number of fused-ring (bicyclic) bond motifs is 1. The summed E-state index contributed by atoms with van der Waals surface area (Å²) in [7, 11) is 0. The monoisotopic (exact) mass is 209 g/mol. The minimum absolute atomic E-state index is 0.553. The van der Waals surface area contributed by atoms with Crippen molar-refractivity contribution in [2.45, 2.75) is 6.54 Å². The summed E-state index contributed by atoms with van der Waals surface area (Å²) in [5, 5.41) is 0. The first-order chi connectivity index (χ1) is 7.88. The van der Waals surface area contributed by atoms with Crippen molar-refractivity contribution in [2.75, 3.05) is 0 Å². The van der Waals surface area contributed by atoms with Crippen molar-refractivity contribution in [3.63, 3.8) is 0 Å². The van der Waals surface area contributed by atoms with Gasteiger partial charge in [0, 0.05) is 41.9 Å². The Bertz CT molecular complexity index is 562. The van der Waals surface area contributed by atoms with Crippen LogP contribution in [-0.2, 0) is 6.54 Å². The second-order valence-corrected chi connectivity index (χ2v) is 3.79. The minimum Gasteiger partial charge on any atom is -0.326 e. The maximum Gasteiger partial charge on any atom is 0.0797 e. The molecule has 0 unspecified atom stereocenters. The van der Waals surface area contributed by atoms with Crippen LogP contribution in [0.15, 0.2) is 57.8 Å². The van der Waals surface area contributed by atoms with E-state index in [1.807, 2.05) is 36.8 Å². The molecule has 0 saturated heterocycles. The number of hydrogen-bond donors (Lipinski definition) is 1. The van der Waals surface area contributed by atoms with E-state index >= 15 is 0 Å². The molecule has 2 N–H and O–H groups in total. The largest absolute Gasteiger partial charge is 0.326 e. The third kappa shape index (κ3) is 1.33. The Morgan fingerprint density at radius 1 is 1.19 bits per heavy atom. The van der Waals surface area contributed by atoms with E-state index in [4.69, 9.17) is 5.73 Å². The van der Waals surface area contributed by atoms with Gasteiger partial charge in [0.25, 0.3) is 0 Å². The standard InChI is InChI=1S/C13H11N3/c14-5-9-2-1-3-10(4-9)13-12-8-15-6-11(12)7-16-13/h1-4,6-8H,5,14H2. The molecule has 3 heteroatoms. The molecule has 0 spiro atoms. The lowest BCUT2D eigenvalue weighted by molar-refractivity contribution is 1.07. The van der Waals surface area contributed by atoms with Gasteiger partial charge in [0.15, 0.2) is 0 Å². The molecule has 2 heterocycles. The third-order valence-electron chi connectivity index (χ3n) is 2.75. The van der Waals surface area contributed by atoms with Crippen LogP contribution in [0.3, 0.4) is 0 Å². The van der Waals surface area contributed by atoms with E-state index < -0.39 is 0 Å². The van der Waals surface area contributed by atoms with Crippen molar-refractivity contribution in [2.24, 2.45) is 15.7 Å². The van der Waals surface area contributed by atoms with E-state index in [9.17, 15) is 0 Å². The lowest BCUT2D eigenvalue weighted by Gasteiger charge is -2.05. The van der Waals surface area contributed by atoms with E-state index in [0.717, 1.165) is 28.0 Å². The zero-order valence-corrected chi connectivity index (χ0v) is 8.72. The highest BCUT2D eigenvalue weighted by atomic mass is 14.8. The van der Waals surface area contributed by atoms with Gasteiger partial charge in [0.1, 0.15) is 0 Å². The quantitative estimate of drug-likeness (QED) is 0.793. The molecule has 16 heavy (non-hydrogen) atoms. The van der Waals surface area contributed by atoms with Crippen molar-refractivity contribution in [1.29, 1.82) is 0 Å². The molecule has 3 rings (SSSR count). The molecule has 0 aliphatic carbocycles. The van der Waals surface area contributed by atoms with E-state index in [1.54, 1.807) is 0 Å². The Labute approximate surface area is 93.7 Å². The number of allylic oxidation sites excluding steroid dienone is 2. The first-order valence-electron chi connectivity index (χ1n) is 5.20. The van der Waals surface area contributed by atoms with Gasteiger partial charge in [-0.05, 0) is 11.6 Å². The van der Waals surface area contributed by atoms with Gasteiger partial charge >= 0.3 is 0 Å². The summed E-state index contributed by atoms with van der Waals surface area (Å²) in [5.41, 5.74) is 11.0. The summed E-state index contributed by atoms with van der Waals surface area (Å²) in [6.07, 6.45) is 5.54. The maximum atomic E-state index is 5.63. The predicted molar refractivity (Wildman–Crippen MR) is 65.5 cm³/mol. The molecule has 1 aromatic rings. The van der Waals surface area contributed by atoms with Gasteiger partial charge in [0.2, 0.25) is 0 Å². The van der Waals surface area contributed by atoms with E-state index in [-0.39, 0.29) is 0 Å². The van der Waals surface area contributed by atoms with Crippen molar-refractivity contribution in [3.05, 3.63) is 58.9 Å². The average molecular weight is 209 g/mol. The maximum absolute atomic E-state index is 5.63. The first kappa shape index (κ1) is 9.24. The van der Waals surface area contributed by atoms with Crippen molar-refractivity contribution >= 4 is 11.9 Å². The third-order valence-corrected chi connectivity index (χ3v) is 2.75. The SMILES string of the molecule is NCc1cccc(C2=NC=C3C=NC=C32)c1. The van der Waals surface area contributed by atoms with Crippen molar-refractivity contribution in [3.8, 4) is 0 Å². The lowest BCUT2D eigenvalue weighted by atomic mass is 9.99. The topological polar surface area (TPSA) is 50.7 Å². The predicted octanol–water partition coefficient (Wildman–Crippen LogP) is 1.80. The Hall–Kier alpha value is -2.00. The van der Waals surface area contributed by atoms with Crippen LogP contribution in [0.25, 0.3) is 0 Å². The van der Waals surface area contributed by atoms with Crippen molar-refractivity contribution < 1.29 is 0 Å². The summed E-state index contributed by atoms with van der Waals surface area (Å²) < 4.78 is 0. The second-order valence-electron chi connectivity index (χ2n) is 3.79. The molecule has 0 aromatic heterocycles. The summed E-state index contributed by atoms with van der Waals surface area (Å²) in [6, 6.07) is 8.16. The molecule has 3 nitrogen and oxygen atoms in total. The number of rotatable bonds is 2. The van der Waals surface area contributed by atoms with Gasteiger partial charge in [-0.15, -0.1) is 0 Å². The first-order valence-corrected chi connectivity index (χ1v) is 5.20. The molecule has 78 valence electrons. The molecular weight excluding hydrogens is 198 g/mol. The average Bonchev–Trinajstić information content (AvgIpc) is 2.90. The number of nitrogens with two attached hydrogens (primary N) is 1. The fraction of sp³-hybridized carbons (Fsp3) is 0.0769. The van der Waals surface area contributed by atoms with Crippen LogP contribution in [0.4, 0.5) is 0 Å². The van der Waals surface area contributed by atoms with Crippen LogP contribution < -0.4 is 5.73 Å². The Balaban J connectivity index is 2.00. The zero-order chi connectivity index (χ0) is 11.0. The Kier molecular flexibility index (Phi) is 2.04. The fourth-order valence-corrected chi connectivity index (χ4v) is 1.92. The summed E-state index contributed by atoms with van der Waals surface area (Å²) in [4.78, 5) is 8.55. The van der Waals surface area contributed by atoms with E-state index in [1.165, 1.54) is 0 Å². The molecule has 0 radical (unpaired) electrons. The molecule has 0 bridgehead atoms. The molecule has 0 atom stereocenters. The zero-order valence-electron chi connectivity index (χ0n) is 8.72. The molecule has 1 aromatic carbocycles. The molecule has 2 aliphatic heterocycles. The molecule has 0 fully saturated rings. The Morgan fingerprint density at radius 3 is 3.00 bits per heavy atom. The van der Waals surface area contributed by atoms with E-state index in [2.05, 4.69) is 16.1 Å². The van der Waals surface area contributed by atoms with Crippen LogP contribution >= 0.6 is 0 Å². The number of hydrogen-bond acceptors (Lipinski definition) is 3. The molecular formula is C13H11N3. The van der Waals surface area contributed by atoms with Crippen LogP contribution in [0.2, 0.25) is 0 Å². The normalized spacial score (nSPS) is 16.9. The smallest absolute Gasteiger partial charge is 0.0797 e. The van der Waals surface area contributed by atoms with Gasteiger partial charge < -0.3 is 5.73 Å². The van der Waals surface area contributed by atoms with Gasteiger partial charge in [-0.2, -0.15) is 0 Å². The van der Waals surface area contributed by atoms with Crippen molar-refractivity contribution in [1.82, 2.24) is 0 Å².